The summed E-state index contributed by atoms with van der Waals surface area (Å²) < 4.78 is 1.12. The van der Waals surface area contributed by atoms with Gasteiger partial charge >= 0.3 is 0 Å². The van der Waals surface area contributed by atoms with Crippen LogP contribution in [0.2, 0.25) is 0 Å². The highest BCUT2D eigenvalue weighted by atomic mass is 79.9. The van der Waals surface area contributed by atoms with E-state index in [1.165, 1.54) is 18.5 Å². The Bertz CT molecular complexity index is 394. The molecule has 0 saturated carbocycles. The first-order valence-corrected chi connectivity index (χ1v) is 7.57. The molecule has 1 aliphatic rings. The second-order valence-electron chi connectivity index (χ2n) is 4.96. The molecule has 0 N–H and O–H groups in total. The van der Waals surface area contributed by atoms with Gasteiger partial charge in [0.15, 0.2) is 0 Å². The number of benzene rings is 1. The molecule has 2 atom stereocenters. The number of piperidine rings is 1. The van der Waals surface area contributed by atoms with Crippen LogP contribution in [0.1, 0.15) is 32.3 Å². The molecule has 17 heavy (non-hydrogen) atoms. The summed E-state index contributed by atoms with van der Waals surface area (Å²) in [5, 5.41) is 0. The third-order valence-electron chi connectivity index (χ3n) is 3.89. The lowest BCUT2D eigenvalue weighted by Gasteiger charge is -2.39. The first-order chi connectivity index (χ1) is 8.13. The van der Waals surface area contributed by atoms with Crippen LogP contribution in [0, 0.1) is 5.92 Å². The van der Waals surface area contributed by atoms with Crippen molar-refractivity contribution in [2.75, 3.05) is 11.4 Å². The van der Waals surface area contributed by atoms with E-state index in [4.69, 9.17) is 11.6 Å². The summed E-state index contributed by atoms with van der Waals surface area (Å²) in [5.41, 5.74) is 2.47. The molecule has 0 bridgehead atoms. The Kier molecular flexibility index (Phi) is 4.37. The second kappa shape index (κ2) is 5.62. The molecular formula is C14H19BrClN. The van der Waals surface area contributed by atoms with Crippen molar-refractivity contribution in [2.24, 2.45) is 5.92 Å². The van der Waals surface area contributed by atoms with E-state index < -0.39 is 0 Å². The summed E-state index contributed by atoms with van der Waals surface area (Å²) in [5.74, 6) is 1.34. The monoisotopic (exact) mass is 315 g/mol. The fourth-order valence-corrected chi connectivity index (χ4v) is 3.42. The summed E-state index contributed by atoms with van der Waals surface area (Å²) in [6, 6.07) is 7.14. The van der Waals surface area contributed by atoms with Gasteiger partial charge in [0, 0.05) is 28.6 Å². The minimum atomic E-state index is 0.562. The molecule has 1 heterocycles. The van der Waals surface area contributed by atoms with Gasteiger partial charge in [-0.15, -0.1) is 11.6 Å². The van der Waals surface area contributed by atoms with Crippen LogP contribution in [-0.2, 0) is 5.88 Å². The molecule has 1 aromatic carbocycles. The summed E-state index contributed by atoms with van der Waals surface area (Å²) in [6.45, 7) is 5.84. The third-order valence-corrected chi connectivity index (χ3v) is 4.91. The molecule has 1 aromatic rings. The van der Waals surface area contributed by atoms with Gasteiger partial charge < -0.3 is 4.90 Å². The molecule has 2 rings (SSSR count). The molecule has 2 unspecified atom stereocenters. The minimum Gasteiger partial charge on any atom is -0.369 e. The standard InChI is InChI=1S/C14H19BrClN/c1-10-4-3-7-17(11(10)2)13-6-5-12(9-16)14(15)8-13/h5-6,8,10-11H,3-4,7,9H2,1-2H3. The van der Waals surface area contributed by atoms with Gasteiger partial charge in [-0.2, -0.15) is 0 Å². The van der Waals surface area contributed by atoms with Crippen molar-refractivity contribution in [3.8, 4) is 0 Å². The molecule has 0 aliphatic carbocycles. The highest BCUT2D eigenvalue weighted by Gasteiger charge is 2.24. The van der Waals surface area contributed by atoms with Crippen LogP contribution in [-0.4, -0.2) is 12.6 Å². The van der Waals surface area contributed by atoms with Crippen LogP contribution < -0.4 is 4.90 Å². The number of rotatable bonds is 2. The van der Waals surface area contributed by atoms with E-state index in [-0.39, 0.29) is 0 Å². The number of nitrogens with zero attached hydrogens (tertiary/aromatic N) is 1. The maximum Gasteiger partial charge on any atom is 0.0485 e. The van der Waals surface area contributed by atoms with Crippen molar-refractivity contribution in [1.82, 2.24) is 0 Å². The van der Waals surface area contributed by atoms with Crippen LogP contribution in [0.5, 0.6) is 0 Å². The Hall–Kier alpha value is -0.210. The summed E-state index contributed by atoms with van der Waals surface area (Å²) >= 11 is 9.48. The zero-order valence-corrected chi connectivity index (χ0v) is 12.8. The molecular weight excluding hydrogens is 298 g/mol. The van der Waals surface area contributed by atoms with Gasteiger partial charge in [0.1, 0.15) is 0 Å². The fourth-order valence-electron chi connectivity index (χ4n) is 2.52. The normalized spacial score (nSPS) is 25.1. The van der Waals surface area contributed by atoms with Crippen molar-refractivity contribution < 1.29 is 0 Å². The largest absolute Gasteiger partial charge is 0.369 e. The summed E-state index contributed by atoms with van der Waals surface area (Å²) in [4.78, 5) is 2.51. The Morgan fingerprint density at radius 1 is 1.41 bits per heavy atom. The smallest absolute Gasteiger partial charge is 0.0485 e. The zero-order valence-electron chi connectivity index (χ0n) is 10.4. The van der Waals surface area contributed by atoms with E-state index >= 15 is 0 Å². The maximum atomic E-state index is 5.88. The van der Waals surface area contributed by atoms with Gasteiger partial charge in [0.05, 0.1) is 0 Å². The molecule has 3 heteroatoms. The lowest BCUT2D eigenvalue weighted by atomic mass is 9.91. The minimum absolute atomic E-state index is 0.562. The highest BCUT2D eigenvalue weighted by molar-refractivity contribution is 9.10. The average molecular weight is 317 g/mol. The van der Waals surface area contributed by atoms with Crippen molar-refractivity contribution in [2.45, 2.75) is 38.6 Å². The third kappa shape index (κ3) is 2.79. The Labute approximate surface area is 117 Å². The molecule has 1 fully saturated rings. The first-order valence-electron chi connectivity index (χ1n) is 6.24. The highest BCUT2D eigenvalue weighted by Crippen LogP contribution is 2.31. The Morgan fingerprint density at radius 2 is 2.18 bits per heavy atom. The topological polar surface area (TPSA) is 3.24 Å². The van der Waals surface area contributed by atoms with Gasteiger partial charge in [-0.05, 0) is 43.4 Å². The molecule has 1 aliphatic heterocycles. The molecule has 94 valence electrons. The van der Waals surface area contributed by atoms with Gasteiger partial charge in [-0.25, -0.2) is 0 Å². The zero-order chi connectivity index (χ0) is 12.4. The van der Waals surface area contributed by atoms with Crippen LogP contribution in [0.25, 0.3) is 0 Å². The molecule has 0 amide bonds. The fraction of sp³-hybridized carbons (Fsp3) is 0.571. The predicted molar refractivity (Wildman–Crippen MR) is 78.9 cm³/mol. The van der Waals surface area contributed by atoms with E-state index in [1.807, 2.05) is 0 Å². The van der Waals surface area contributed by atoms with E-state index in [9.17, 15) is 0 Å². The van der Waals surface area contributed by atoms with Crippen molar-refractivity contribution in [1.29, 1.82) is 0 Å². The molecule has 0 spiro atoms. The summed E-state index contributed by atoms with van der Waals surface area (Å²) in [6.07, 6.45) is 2.64. The van der Waals surface area contributed by atoms with E-state index in [1.54, 1.807) is 0 Å². The molecule has 0 aromatic heterocycles. The van der Waals surface area contributed by atoms with E-state index in [0.29, 0.717) is 11.9 Å². The number of hydrogen-bond acceptors (Lipinski definition) is 1. The summed E-state index contributed by atoms with van der Waals surface area (Å²) in [7, 11) is 0. The van der Waals surface area contributed by atoms with Crippen molar-refractivity contribution >= 4 is 33.2 Å². The maximum absolute atomic E-state index is 5.88. The van der Waals surface area contributed by atoms with Crippen molar-refractivity contribution in [3.05, 3.63) is 28.2 Å². The van der Waals surface area contributed by atoms with Crippen molar-refractivity contribution in [3.63, 3.8) is 0 Å². The molecule has 0 radical (unpaired) electrons. The number of hydrogen-bond donors (Lipinski definition) is 0. The van der Waals surface area contributed by atoms with Crippen LogP contribution in [0.3, 0.4) is 0 Å². The lowest BCUT2D eigenvalue weighted by molar-refractivity contribution is 0.363. The van der Waals surface area contributed by atoms with Gasteiger partial charge in [0.2, 0.25) is 0 Å². The van der Waals surface area contributed by atoms with Crippen LogP contribution >= 0.6 is 27.5 Å². The first kappa shape index (κ1) is 13.2. The average Bonchev–Trinajstić information content (AvgIpc) is 2.32. The Morgan fingerprint density at radius 3 is 2.82 bits per heavy atom. The Balaban J connectivity index is 2.24. The van der Waals surface area contributed by atoms with Crippen LogP contribution in [0.15, 0.2) is 22.7 Å². The quantitative estimate of drug-likeness (QED) is 0.708. The predicted octanol–water partition coefficient (Wildman–Crippen LogP) is 4.81. The lowest BCUT2D eigenvalue weighted by Crippen LogP contribution is -2.42. The van der Waals surface area contributed by atoms with E-state index in [2.05, 4.69) is 52.9 Å². The number of halogens is 2. The molecule has 1 saturated heterocycles. The second-order valence-corrected chi connectivity index (χ2v) is 6.08. The van der Waals surface area contributed by atoms with Crippen LogP contribution in [0.4, 0.5) is 5.69 Å². The van der Waals surface area contributed by atoms with Gasteiger partial charge in [0.25, 0.3) is 0 Å². The SMILES string of the molecule is CC1CCCN(c2ccc(CCl)c(Br)c2)C1C. The number of anilines is 1. The van der Waals surface area contributed by atoms with Gasteiger partial charge in [-0.1, -0.05) is 28.9 Å². The molecule has 1 nitrogen and oxygen atoms in total. The van der Waals surface area contributed by atoms with E-state index in [0.717, 1.165) is 22.5 Å². The van der Waals surface area contributed by atoms with Gasteiger partial charge in [-0.3, -0.25) is 0 Å². The number of alkyl halides is 1.